The number of piperidine rings is 3. The third-order valence-corrected chi connectivity index (χ3v) is 6.10. The number of amides is 1. The number of benzene rings is 1. The molecule has 6 heteroatoms. The molecule has 1 aromatic carbocycles. The molecule has 0 unspecified atom stereocenters. The van der Waals surface area contributed by atoms with Gasteiger partial charge in [-0.1, -0.05) is 0 Å². The lowest BCUT2D eigenvalue weighted by Gasteiger charge is -2.50. The molecule has 1 aromatic heterocycles. The van der Waals surface area contributed by atoms with Gasteiger partial charge in [-0.05, 0) is 35.6 Å². The van der Waals surface area contributed by atoms with E-state index in [-0.39, 0.29) is 17.7 Å². The molecule has 116 valence electrons. The van der Waals surface area contributed by atoms with Gasteiger partial charge in [-0.2, -0.15) is 4.37 Å². The fourth-order valence-electron chi connectivity index (χ4n) is 3.91. The Morgan fingerprint density at radius 2 is 2.18 bits per heavy atom. The van der Waals surface area contributed by atoms with Gasteiger partial charge in [0.05, 0.1) is 37.4 Å². The van der Waals surface area contributed by atoms with Crippen LogP contribution in [-0.4, -0.2) is 52.6 Å². The molecule has 2 bridgehead atoms. The van der Waals surface area contributed by atoms with E-state index >= 15 is 0 Å². The number of rotatable bonds is 2. The number of hydrogen-bond acceptors (Lipinski definition) is 4. The van der Waals surface area contributed by atoms with E-state index in [9.17, 15) is 9.90 Å². The Morgan fingerprint density at radius 3 is 2.91 bits per heavy atom. The first-order chi connectivity index (χ1) is 10.5. The van der Waals surface area contributed by atoms with E-state index < -0.39 is 0 Å². The summed E-state index contributed by atoms with van der Waals surface area (Å²) >= 11 is 1.30. The summed E-state index contributed by atoms with van der Waals surface area (Å²) in [7, 11) is 2.28. The molecule has 1 amide bonds. The summed E-state index contributed by atoms with van der Waals surface area (Å²) in [5, 5.41) is 13.6. The van der Waals surface area contributed by atoms with Crippen molar-refractivity contribution in [3.63, 3.8) is 0 Å². The zero-order valence-corrected chi connectivity index (χ0v) is 13.4. The van der Waals surface area contributed by atoms with Crippen LogP contribution in [0.4, 0.5) is 0 Å². The first kappa shape index (κ1) is 14.0. The van der Waals surface area contributed by atoms with Crippen LogP contribution in [-0.2, 0) is 0 Å². The van der Waals surface area contributed by atoms with Gasteiger partial charge in [-0.15, -0.1) is 0 Å². The Bertz CT molecular complexity index is 734. The fourth-order valence-corrected chi connectivity index (χ4v) is 4.66. The standard InChI is InChI=1S/C16H19N3O2S/c1-19-6-4-10(5-7-19)13(9-19)17-16(21)15-12-8-11(20)2-3-14(12)22-18-15/h2-3,8,10,13H,4-7,9H2,1H3,(H-,17,20,21)/p+1/t10?,13-,19?/m1/s1. The normalized spacial score (nSPS) is 30.6. The van der Waals surface area contributed by atoms with Crippen molar-refractivity contribution in [2.24, 2.45) is 5.92 Å². The molecule has 0 aliphatic carbocycles. The van der Waals surface area contributed by atoms with E-state index in [1.807, 2.05) is 0 Å². The van der Waals surface area contributed by atoms with Gasteiger partial charge in [-0.3, -0.25) is 4.79 Å². The summed E-state index contributed by atoms with van der Waals surface area (Å²) in [6.07, 6.45) is 2.39. The minimum absolute atomic E-state index is 0.109. The van der Waals surface area contributed by atoms with E-state index in [2.05, 4.69) is 16.7 Å². The molecule has 4 heterocycles. The van der Waals surface area contributed by atoms with Crippen molar-refractivity contribution in [3.8, 4) is 5.75 Å². The van der Waals surface area contributed by atoms with Gasteiger partial charge < -0.3 is 14.9 Å². The van der Waals surface area contributed by atoms with Crippen LogP contribution in [0.1, 0.15) is 23.3 Å². The maximum absolute atomic E-state index is 12.6. The number of fused-ring (bicyclic) bond motifs is 4. The van der Waals surface area contributed by atoms with Crippen molar-refractivity contribution in [2.45, 2.75) is 18.9 Å². The minimum atomic E-state index is -0.109. The molecule has 0 radical (unpaired) electrons. The first-order valence-corrected chi connectivity index (χ1v) is 8.54. The average molecular weight is 318 g/mol. The third-order valence-electron chi connectivity index (χ3n) is 5.27. The lowest BCUT2D eigenvalue weighted by Crippen LogP contribution is -2.65. The fraction of sp³-hybridized carbons (Fsp3) is 0.500. The molecule has 1 atom stereocenters. The second-order valence-corrected chi connectivity index (χ2v) is 7.68. The number of phenolic OH excluding ortho intramolecular Hbond substituents is 1. The van der Waals surface area contributed by atoms with E-state index in [0.717, 1.165) is 21.1 Å². The van der Waals surface area contributed by atoms with Crippen LogP contribution in [0.3, 0.4) is 0 Å². The number of carbonyl (C=O) groups excluding carboxylic acids is 1. The van der Waals surface area contributed by atoms with Crippen LogP contribution >= 0.6 is 11.5 Å². The zero-order valence-electron chi connectivity index (χ0n) is 12.6. The molecule has 3 aliphatic heterocycles. The SMILES string of the molecule is C[N+]12CCC(CC1)[C@H](NC(=O)c1nsc3ccc(O)cc13)C2. The van der Waals surface area contributed by atoms with Gasteiger partial charge in [0, 0.05) is 18.2 Å². The Labute approximate surface area is 133 Å². The summed E-state index contributed by atoms with van der Waals surface area (Å²) in [6.45, 7) is 3.47. The predicted molar refractivity (Wildman–Crippen MR) is 86.0 cm³/mol. The van der Waals surface area contributed by atoms with Crippen molar-refractivity contribution < 1.29 is 14.4 Å². The number of nitrogens with one attached hydrogen (secondary N) is 1. The van der Waals surface area contributed by atoms with Crippen molar-refractivity contribution >= 4 is 27.5 Å². The number of aromatic nitrogens is 1. The highest BCUT2D eigenvalue weighted by Crippen LogP contribution is 2.33. The second-order valence-electron chi connectivity index (χ2n) is 6.88. The first-order valence-electron chi connectivity index (χ1n) is 7.77. The molecule has 22 heavy (non-hydrogen) atoms. The molecule has 0 saturated carbocycles. The van der Waals surface area contributed by atoms with E-state index in [0.29, 0.717) is 11.6 Å². The van der Waals surface area contributed by atoms with Gasteiger partial charge >= 0.3 is 0 Å². The van der Waals surface area contributed by atoms with Gasteiger partial charge in [-0.25, -0.2) is 0 Å². The number of quaternary nitrogens is 1. The summed E-state index contributed by atoms with van der Waals surface area (Å²) in [4.78, 5) is 12.6. The van der Waals surface area contributed by atoms with Crippen molar-refractivity contribution in [3.05, 3.63) is 23.9 Å². The number of aromatic hydroxyl groups is 1. The summed E-state index contributed by atoms with van der Waals surface area (Å²) in [6, 6.07) is 5.30. The average Bonchev–Trinajstić information content (AvgIpc) is 2.90. The summed E-state index contributed by atoms with van der Waals surface area (Å²) in [5.41, 5.74) is 0.440. The van der Waals surface area contributed by atoms with Crippen molar-refractivity contribution in [1.29, 1.82) is 0 Å². The van der Waals surface area contributed by atoms with Crippen LogP contribution in [0, 0.1) is 5.92 Å². The van der Waals surface area contributed by atoms with E-state index in [1.54, 1.807) is 18.2 Å². The second kappa shape index (κ2) is 4.93. The molecule has 2 N–H and O–H groups in total. The molecule has 2 aromatic rings. The van der Waals surface area contributed by atoms with Crippen LogP contribution in [0.15, 0.2) is 18.2 Å². The van der Waals surface area contributed by atoms with Gasteiger partial charge in [0.25, 0.3) is 5.91 Å². The van der Waals surface area contributed by atoms with Crippen LogP contribution in [0.25, 0.3) is 10.1 Å². The molecule has 3 saturated heterocycles. The van der Waals surface area contributed by atoms with Crippen molar-refractivity contribution in [2.75, 3.05) is 26.7 Å². The number of carbonyl (C=O) groups is 1. The maximum Gasteiger partial charge on any atom is 0.272 e. The number of phenols is 1. The highest BCUT2D eigenvalue weighted by atomic mass is 32.1. The molecule has 0 spiro atoms. The van der Waals surface area contributed by atoms with Crippen LogP contribution < -0.4 is 5.32 Å². The maximum atomic E-state index is 12.6. The van der Waals surface area contributed by atoms with Crippen LogP contribution in [0.5, 0.6) is 5.75 Å². The molecule has 5 nitrogen and oxygen atoms in total. The molecule has 5 rings (SSSR count). The highest BCUT2D eigenvalue weighted by molar-refractivity contribution is 7.13. The van der Waals surface area contributed by atoms with Gasteiger partial charge in [0.15, 0.2) is 0 Å². The lowest BCUT2D eigenvalue weighted by atomic mass is 9.82. The summed E-state index contributed by atoms with van der Waals surface area (Å²) in [5.74, 6) is 0.659. The number of hydrogen-bond donors (Lipinski definition) is 2. The van der Waals surface area contributed by atoms with E-state index in [4.69, 9.17) is 0 Å². The van der Waals surface area contributed by atoms with Crippen molar-refractivity contribution in [1.82, 2.24) is 9.69 Å². The smallest absolute Gasteiger partial charge is 0.272 e. The molecular formula is C16H20N3O2S+. The van der Waals surface area contributed by atoms with Gasteiger partial charge in [0.2, 0.25) is 0 Å². The van der Waals surface area contributed by atoms with E-state index in [1.165, 1.54) is 37.5 Å². The number of nitrogens with zero attached hydrogens (tertiary/aromatic N) is 2. The van der Waals surface area contributed by atoms with Crippen LogP contribution in [0.2, 0.25) is 0 Å². The quantitative estimate of drug-likeness (QED) is 0.832. The zero-order chi connectivity index (χ0) is 15.3. The monoisotopic (exact) mass is 318 g/mol. The van der Waals surface area contributed by atoms with Gasteiger partial charge in [0.1, 0.15) is 11.4 Å². The summed E-state index contributed by atoms with van der Waals surface area (Å²) < 4.78 is 6.29. The highest BCUT2D eigenvalue weighted by Gasteiger charge is 2.44. The Kier molecular flexibility index (Phi) is 3.13. The Balaban J connectivity index is 1.58. The topological polar surface area (TPSA) is 62.2 Å². The third kappa shape index (κ3) is 2.27. The largest absolute Gasteiger partial charge is 0.508 e. The Morgan fingerprint density at radius 1 is 1.41 bits per heavy atom. The number of likely N-dealkylation sites (N-methyl/N-ethyl adjacent to an activating group) is 1. The predicted octanol–water partition coefficient (Wildman–Crippen LogP) is 1.97. The minimum Gasteiger partial charge on any atom is -0.508 e. The Hall–Kier alpha value is -1.66. The molecule has 3 fully saturated rings. The lowest BCUT2D eigenvalue weighted by molar-refractivity contribution is -0.925. The molecular weight excluding hydrogens is 298 g/mol. The molecule has 3 aliphatic rings.